The molecule has 2 N–H and O–H groups in total. The Morgan fingerprint density at radius 1 is 1.14 bits per heavy atom. The van der Waals surface area contributed by atoms with Crippen molar-refractivity contribution in [1.82, 2.24) is 19.4 Å². The molecule has 11 nitrogen and oxygen atoms in total. The van der Waals surface area contributed by atoms with Crippen LogP contribution < -0.4 is 15.6 Å². The second-order valence-corrected chi connectivity index (χ2v) is 11.1. The molecule has 0 saturated carbocycles. The molecular formula is C27H30ClF3N6O5. The number of alkyl halides is 3. The van der Waals surface area contributed by atoms with E-state index in [1.165, 1.54) is 4.57 Å². The number of carbonyl (C=O) groups excluding carboxylic acids is 2. The molecule has 4 rings (SSSR count). The van der Waals surface area contributed by atoms with Crippen LogP contribution in [0.15, 0.2) is 29.2 Å². The molecule has 0 radical (unpaired) electrons. The lowest BCUT2D eigenvalue weighted by Crippen LogP contribution is -2.51. The maximum absolute atomic E-state index is 13.7. The first-order valence-electron chi connectivity index (χ1n) is 13.1. The summed E-state index contributed by atoms with van der Waals surface area (Å²) in [4.78, 5) is 50.8. The highest BCUT2D eigenvalue weighted by Gasteiger charge is 2.32. The van der Waals surface area contributed by atoms with E-state index in [2.05, 4.69) is 15.3 Å². The van der Waals surface area contributed by atoms with Crippen molar-refractivity contribution in [2.45, 2.75) is 52.4 Å². The third-order valence-electron chi connectivity index (χ3n) is 6.48. The van der Waals surface area contributed by atoms with Gasteiger partial charge in [0.25, 0.3) is 0 Å². The first-order valence-corrected chi connectivity index (χ1v) is 13.5. The smallest absolute Gasteiger partial charge is 0.416 e. The van der Waals surface area contributed by atoms with Gasteiger partial charge in [-0.3, -0.25) is 9.59 Å². The molecule has 42 heavy (non-hydrogen) atoms. The van der Waals surface area contributed by atoms with Crippen molar-refractivity contribution in [2.24, 2.45) is 0 Å². The summed E-state index contributed by atoms with van der Waals surface area (Å²) in [6.45, 7) is 7.82. The van der Waals surface area contributed by atoms with Crippen molar-refractivity contribution in [2.75, 3.05) is 36.4 Å². The van der Waals surface area contributed by atoms with Crippen LogP contribution in [0.5, 0.6) is 5.88 Å². The zero-order chi connectivity index (χ0) is 31.0. The van der Waals surface area contributed by atoms with Gasteiger partial charge in [-0.1, -0.05) is 18.5 Å². The van der Waals surface area contributed by atoms with Crippen LogP contribution in [0.1, 0.15) is 39.0 Å². The van der Waals surface area contributed by atoms with E-state index < -0.39 is 40.6 Å². The predicted octanol–water partition coefficient (Wildman–Crippen LogP) is 4.43. The highest BCUT2D eigenvalue weighted by Crippen LogP contribution is 2.34. The number of amides is 2. The fourth-order valence-corrected chi connectivity index (χ4v) is 4.87. The van der Waals surface area contributed by atoms with Gasteiger partial charge in [0.05, 0.1) is 22.5 Å². The molecule has 1 aromatic carbocycles. The average Bonchev–Trinajstić information content (AvgIpc) is 2.89. The first kappa shape index (κ1) is 30.9. The maximum Gasteiger partial charge on any atom is 0.416 e. The van der Waals surface area contributed by atoms with E-state index >= 15 is 0 Å². The van der Waals surface area contributed by atoms with Crippen molar-refractivity contribution >= 4 is 46.1 Å². The van der Waals surface area contributed by atoms with Crippen LogP contribution in [0.2, 0.25) is 5.02 Å². The summed E-state index contributed by atoms with van der Waals surface area (Å²) >= 11 is 6.01. The number of ether oxygens (including phenoxy) is 1. The number of hydrogen-bond acceptors (Lipinski definition) is 8. The number of benzene rings is 1. The number of piperazine rings is 1. The third-order valence-corrected chi connectivity index (χ3v) is 6.79. The standard InChI is InChI=1S/C27H30ClF3N6O5/c1-5-18-22(35-8-10-36(11-9-35)25(41)42-26(2,3)4)23(40)21-24(32-13-19(38)34-21)37(18)14-20(39)33-17-7-6-15(12-16(17)28)27(29,30)31/h6-7,12-13H,5,8-11,14H2,1-4H3,(H,33,39)(H,34,38). The van der Waals surface area contributed by atoms with Crippen LogP contribution in [0.25, 0.3) is 11.2 Å². The zero-order valence-electron chi connectivity index (χ0n) is 23.4. The van der Waals surface area contributed by atoms with E-state index in [-0.39, 0.29) is 60.3 Å². The Labute approximate surface area is 243 Å². The molecule has 1 saturated heterocycles. The van der Waals surface area contributed by atoms with Crippen molar-refractivity contribution < 1.29 is 32.6 Å². The quantitative estimate of drug-likeness (QED) is 0.434. The van der Waals surface area contributed by atoms with E-state index in [9.17, 15) is 32.7 Å². The van der Waals surface area contributed by atoms with Gasteiger partial charge in [-0.15, -0.1) is 0 Å². The van der Waals surface area contributed by atoms with E-state index in [1.54, 1.807) is 37.5 Å². The molecule has 226 valence electrons. The fourth-order valence-electron chi connectivity index (χ4n) is 4.64. The second-order valence-electron chi connectivity index (χ2n) is 10.7. The van der Waals surface area contributed by atoms with Crippen LogP contribution in [-0.2, 0) is 28.7 Å². The number of rotatable bonds is 5. The van der Waals surface area contributed by atoms with Gasteiger partial charge >= 0.3 is 12.3 Å². The van der Waals surface area contributed by atoms with Gasteiger partial charge in [0.1, 0.15) is 17.8 Å². The number of aromatic nitrogens is 3. The molecule has 1 aliphatic heterocycles. The summed E-state index contributed by atoms with van der Waals surface area (Å²) in [5, 5.41) is 12.2. The number of aromatic hydroxyl groups is 1. The lowest BCUT2D eigenvalue weighted by molar-refractivity contribution is -0.137. The molecule has 0 atom stereocenters. The Balaban J connectivity index is 1.67. The number of nitrogens with one attached hydrogen (secondary N) is 1. The van der Waals surface area contributed by atoms with Crippen molar-refractivity contribution in [3.8, 4) is 5.88 Å². The van der Waals surface area contributed by atoms with Crippen molar-refractivity contribution in [1.29, 1.82) is 0 Å². The van der Waals surface area contributed by atoms with Crippen LogP contribution in [0, 0.1) is 0 Å². The molecule has 0 bridgehead atoms. The van der Waals surface area contributed by atoms with E-state index in [0.717, 1.165) is 18.3 Å². The fraction of sp³-hybridized carbons (Fsp3) is 0.444. The number of halogens is 4. The highest BCUT2D eigenvalue weighted by atomic mass is 35.5. The summed E-state index contributed by atoms with van der Waals surface area (Å²) in [7, 11) is 0. The summed E-state index contributed by atoms with van der Waals surface area (Å²) in [6.07, 6.45) is -3.73. The van der Waals surface area contributed by atoms with Crippen molar-refractivity contribution in [3.63, 3.8) is 0 Å². The lowest BCUT2D eigenvalue weighted by Gasteiger charge is -2.37. The minimum absolute atomic E-state index is 0.0275. The average molecular weight is 611 g/mol. The number of hydrogen-bond donors (Lipinski definition) is 2. The second kappa shape index (κ2) is 11.7. The van der Waals surface area contributed by atoms with Crippen LogP contribution in [0.4, 0.5) is 29.3 Å². The largest absolute Gasteiger partial charge is 0.492 e. The predicted molar refractivity (Wildman–Crippen MR) is 150 cm³/mol. The topological polar surface area (TPSA) is 130 Å². The Hall–Kier alpha value is -4.07. The minimum Gasteiger partial charge on any atom is -0.492 e. The Bertz CT molecular complexity index is 1580. The number of fused-ring (bicyclic) bond motifs is 1. The van der Waals surface area contributed by atoms with Gasteiger partial charge < -0.3 is 29.5 Å². The van der Waals surface area contributed by atoms with Crippen LogP contribution in [-0.4, -0.2) is 68.3 Å². The molecule has 0 unspecified atom stereocenters. The van der Waals surface area contributed by atoms with E-state index in [4.69, 9.17) is 16.3 Å². The van der Waals surface area contributed by atoms with Gasteiger partial charge in [0, 0.05) is 31.9 Å². The molecule has 2 aromatic heterocycles. The molecule has 1 aliphatic rings. The third kappa shape index (κ3) is 6.69. The molecule has 1 fully saturated rings. The molecule has 3 heterocycles. The molecule has 2 amide bonds. The highest BCUT2D eigenvalue weighted by molar-refractivity contribution is 6.33. The molecule has 15 heteroatoms. The van der Waals surface area contributed by atoms with Crippen LogP contribution >= 0.6 is 11.6 Å². The monoisotopic (exact) mass is 610 g/mol. The first-order chi connectivity index (χ1) is 19.6. The maximum atomic E-state index is 13.7. The normalized spacial score (nSPS) is 14.3. The lowest BCUT2D eigenvalue weighted by atomic mass is 10.1. The van der Waals surface area contributed by atoms with E-state index in [0.29, 0.717) is 18.2 Å². The number of nitrogens with zero attached hydrogens (tertiary/aromatic N) is 5. The van der Waals surface area contributed by atoms with Crippen molar-refractivity contribution in [3.05, 3.63) is 50.9 Å². The van der Waals surface area contributed by atoms with E-state index in [1.807, 2.05) is 0 Å². The Morgan fingerprint density at radius 3 is 2.38 bits per heavy atom. The van der Waals surface area contributed by atoms with Gasteiger partial charge in [-0.05, 0) is 45.4 Å². The summed E-state index contributed by atoms with van der Waals surface area (Å²) < 4.78 is 46.0. The summed E-state index contributed by atoms with van der Waals surface area (Å²) in [6, 6.07) is 2.57. The SMILES string of the molecule is CCc1c(N2CCN(C(=O)OC(C)(C)C)CC2)c(=O)c2nc(O)cnc2n1CC(=O)Nc1ccc(C(F)(F)F)cc1Cl. The number of anilines is 2. The molecule has 0 spiro atoms. The molecular weight excluding hydrogens is 581 g/mol. The molecule has 0 aliphatic carbocycles. The summed E-state index contributed by atoms with van der Waals surface area (Å²) in [5.41, 5.74) is -1.59. The van der Waals surface area contributed by atoms with Gasteiger partial charge in [0.2, 0.25) is 17.2 Å². The zero-order valence-corrected chi connectivity index (χ0v) is 24.1. The van der Waals surface area contributed by atoms with Gasteiger partial charge in [0.15, 0.2) is 11.2 Å². The van der Waals surface area contributed by atoms with Gasteiger partial charge in [-0.2, -0.15) is 13.2 Å². The number of carbonyl (C=O) groups is 2. The van der Waals surface area contributed by atoms with Crippen LogP contribution in [0.3, 0.4) is 0 Å². The number of pyridine rings is 1. The molecule has 3 aromatic rings. The minimum atomic E-state index is -4.60. The summed E-state index contributed by atoms with van der Waals surface area (Å²) in [5.74, 6) is -1.14. The Morgan fingerprint density at radius 2 is 1.81 bits per heavy atom. The Kier molecular flexibility index (Phi) is 8.58. The van der Waals surface area contributed by atoms with Gasteiger partial charge in [-0.25, -0.2) is 14.8 Å².